The highest BCUT2D eigenvalue weighted by atomic mass is 31.1. The van der Waals surface area contributed by atoms with E-state index in [9.17, 15) is 9.36 Å². The van der Waals surface area contributed by atoms with E-state index in [0.29, 0.717) is 30.1 Å². The highest BCUT2D eigenvalue weighted by Crippen LogP contribution is 2.37. The Morgan fingerprint density at radius 1 is 1.41 bits per heavy atom. The SMILES string of the molecule is CCOc1nc(N)nc2c1ncn2[C@@H]1O[C@H](CO[PH](=O)N[C@H](C)C(=O)OC(C)C)C[C@@H]1C. The van der Waals surface area contributed by atoms with Crippen LogP contribution in [-0.2, 0) is 23.4 Å². The van der Waals surface area contributed by atoms with Crippen molar-refractivity contribution in [1.29, 1.82) is 0 Å². The maximum Gasteiger partial charge on any atom is 0.323 e. The smallest absolute Gasteiger partial charge is 0.323 e. The molecule has 1 aliphatic heterocycles. The third kappa shape index (κ3) is 5.74. The minimum Gasteiger partial charge on any atom is -0.476 e. The van der Waals surface area contributed by atoms with Crippen molar-refractivity contribution in [3.63, 3.8) is 0 Å². The van der Waals surface area contributed by atoms with Crippen LogP contribution in [0.1, 0.15) is 47.3 Å². The first kappa shape index (κ1) is 24.4. The molecule has 2 aromatic rings. The molecule has 0 aromatic carbocycles. The molecular formula is C19H31N6O6P. The van der Waals surface area contributed by atoms with Crippen molar-refractivity contribution in [2.24, 2.45) is 5.92 Å². The molecule has 0 aliphatic carbocycles. The topological polar surface area (TPSA) is 153 Å². The number of fused-ring (bicyclic) bond motifs is 1. The molecule has 2 aromatic heterocycles. The highest BCUT2D eigenvalue weighted by Gasteiger charge is 2.35. The van der Waals surface area contributed by atoms with Crippen molar-refractivity contribution in [2.75, 3.05) is 18.9 Å². The standard InChI is InChI=1S/C19H31N6O6P/c1-6-28-16-14-15(22-19(20)23-16)25(9-21-14)17-11(4)7-13(31-17)8-29-32(27)24-12(5)18(26)30-10(2)3/h9-13,17,32H,6-8H2,1-5H3,(H,24,27)(H2,20,22,23)/t11-,12+,13-,17+/m0/s1. The molecule has 1 unspecified atom stereocenters. The molecule has 3 heterocycles. The van der Waals surface area contributed by atoms with E-state index in [4.69, 9.17) is 24.5 Å². The fourth-order valence-corrected chi connectivity index (χ4v) is 4.37. The largest absolute Gasteiger partial charge is 0.476 e. The lowest BCUT2D eigenvalue weighted by Crippen LogP contribution is -2.33. The number of carbonyl (C=O) groups is 1. The molecule has 1 saturated heterocycles. The molecule has 3 rings (SSSR count). The number of anilines is 1. The van der Waals surface area contributed by atoms with Gasteiger partial charge in [0.05, 0.1) is 31.7 Å². The molecule has 13 heteroatoms. The molecule has 5 atom stereocenters. The minimum atomic E-state index is -2.65. The summed E-state index contributed by atoms with van der Waals surface area (Å²) in [5, 5.41) is 2.64. The second kappa shape index (κ2) is 10.6. The number of rotatable bonds is 10. The number of nitrogens with one attached hydrogen (secondary N) is 1. The lowest BCUT2D eigenvalue weighted by Gasteiger charge is -2.18. The van der Waals surface area contributed by atoms with E-state index in [0.717, 1.165) is 0 Å². The zero-order valence-corrected chi connectivity index (χ0v) is 19.9. The van der Waals surface area contributed by atoms with Crippen LogP contribution in [0.25, 0.3) is 11.2 Å². The number of ether oxygens (including phenoxy) is 3. The summed E-state index contributed by atoms with van der Waals surface area (Å²) in [4.78, 5) is 24.6. The van der Waals surface area contributed by atoms with Gasteiger partial charge in [-0.05, 0) is 34.1 Å². The van der Waals surface area contributed by atoms with E-state index in [1.807, 2.05) is 13.8 Å². The van der Waals surface area contributed by atoms with Crippen LogP contribution in [0, 0.1) is 5.92 Å². The van der Waals surface area contributed by atoms with Gasteiger partial charge in [0.1, 0.15) is 12.3 Å². The number of esters is 1. The predicted octanol–water partition coefficient (Wildman–Crippen LogP) is 2.07. The normalized spacial score (nSPS) is 22.9. The van der Waals surface area contributed by atoms with Crippen molar-refractivity contribution in [2.45, 2.75) is 65.5 Å². The van der Waals surface area contributed by atoms with Crippen LogP contribution in [0.5, 0.6) is 5.88 Å². The molecule has 0 saturated carbocycles. The van der Waals surface area contributed by atoms with Gasteiger partial charge >= 0.3 is 5.97 Å². The summed E-state index contributed by atoms with van der Waals surface area (Å²) in [6, 6.07) is -0.734. The fourth-order valence-electron chi connectivity index (χ4n) is 3.48. The van der Waals surface area contributed by atoms with Crippen LogP contribution in [0.4, 0.5) is 5.95 Å². The van der Waals surface area contributed by atoms with Crippen molar-refractivity contribution in [1.82, 2.24) is 24.6 Å². The van der Waals surface area contributed by atoms with Gasteiger partial charge in [0, 0.05) is 5.92 Å². The molecule has 0 amide bonds. The van der Waals surface area contributed by atoms with Gasteiger partial charge in [0.2, 0.25) is 11.8 Å². The van der Waals surface area contributed by atoms with E-state index in [-0.39, 0.29) is 36.9 Å². The van der Waals surface area contributed by atoms with Gasteiger partial charge in [-0.2, -0.15) is 9.97 Å². The van der Waals surface area contributed by atoms with E-state index in [1.165, 1.54) is 0 Å². The Morgan fingerprint density at radius 3 is 2.84 bits per heavy atom. The lowest BCUT2D eigenvalue weighted by atomic mass is 10.1. The first-order chi connectivity index (χ1) is 15.2. The maximum absolute atomic E-state index is 12.2. The Morgan fingerprint density at radius 2 is 2.16 bits per heavy atom. The molecule has 0 spiro atoms. The lowest BCUT2D eigenvalue weighted by molar-refractivity contribution is -0.149. The number of aromatic nitrogens is 4. The van der Waals surface area contributed by atoms with Crippen molar-refractivity contribution in [3.8, 4) is 5.88 Å². The zero-order chi connectivity index (χ0) is 23.4. The summed E-state index contributed by atoms with van der Waals surface area (Å²) in [5.74, 6) is 0.0486. The van der Waals surface area contributed by atoms with E-state index >= 15 is 0 Å². The summed E-state index contributed by atoms with van der Waals surface area (Å²) in [5.41, 5.74) is 6.86. The molecule has 3 N–H and O–H groups in total. The van der Waals surface area contributed by atoms with E-state index in [2.05, 4.69) is 20.0 Å². The number of nitrogen functional groups attached to an aromatic ring is 1. The van der Waals surface area contributed by atoms with E-state index < -0.39 is 20.2 Å². The Balaban J connectivity index is 1.60. The van der Waals surface area contributed by atoms with Crippen molar-refractivity contribution < 1.29 is 28.1 Å². The van der Waals surface area contributed by atoms with Gasteiger partial charge in [0.15, 0.2) is 11.2 Å². The van der Waals surface area contributed by atoms with Crippen LogP contribution >= 0.6 is 8.18 Å². The van der Waals surface area contributed by atoms with Crippen LogP contribution < -0.4 is 15.6 Å². The summed E-state index contributed by atoms with van der Waals surface area (Å²) < 4.78 is 36.2. The third-order valence-electron chi connectivity index (χ3n) is 4.86. The Kier molecular flexibility index (Phi) is 8.05. The quantitative estimate of drug-likeness (QED) is 0.387. The van der Waals surface area contributed by atoms with Gasteiger partial charge in [-0.25, -0.2) is 10.1 Å². The molecule has 1 fully saturated rings. The van der Waals surface area contributed by atoms with Crippen LogP contribution in [-0.4, -0.2) is 57.0 Å². The van der Waals surface area contributed by atoms with Crippen molar-refractivity contribution >= 4 is 31.3 Å². The number of carbonyl (C=O) groups excluding carboxylic acids is 1. The van der Waals surface area contributed by atoms with Crippen LogP contribution in [0.2, 0.25) is 0 Å². The van der Waals surface area contributed by atoms with Crippen molar-refractivity contribution in [3.05, 3.63) is 6.33 Å². The monoisotopic (exact) mass is 470 g/mol. The number of hydrogen-bond donors (Lipinski definition) is 2. The average Bonchev–Trinajstić information content (AvgIpc) is 3.29. The van der Waals surface area contributed by atoms with Gasteiger partial charge in [-0.1, -0.05) is 6.92 Å². The molecule has 32 heavy (non-hydrogen) atoms. The first-order valence-electron chi connectivity index (χ1n) is 10.6. The average molecular weight is 470 g/mol. The Labute approximate surface area is 187 Å². The molecule has 178 valence electrons. The number of nitrogens with two attached hydrogens (primary N) is 1. The van der Waals surface area contributed by atoms with Gasteiger partial charge in [-0.3, -0.25) is 13.9 Å². The summed E-state index contributed by atoms with van der Waals surface area (Å²) in [6.07, 6.45) is 1.42. The number of hydrogen-bond acceptors (Lipinski definition) is 10. The Bertz CT molecular complexity index is 969. The maximum atomic E-state index is 12.2. The highest BCUT2D eigenvalue weighted by molar-refractivity contribution is 7.36. The number of imidazole rings is 1. The van der Waals surface area contributed by atoms with Crippen LogP contribution in [0.15, 0.2) is 6.33 Å². The van der Waals surface area contributed by atoms with E-state index in [1.54, 1.807) is 31.7 Å². The molecular weight excluding hydrogens is 439 g/mol. The van der Waals surface area contributed by atoms with Gasteiger partial charge < -0.3 is 24.5 Å². The molecule has 0 bridgehead atoms. The second-order valence-corrected chi connectivity index (χ2v) is 9.11. The summed E-state index contributed by atoms with van der Waals surface area (Å²) in [7, 11) is -2.65. The zero-order valence-electron chi connectivity index (χ0n) is 18.9. The predicted molar refractivity (Wildman–Crippen MR) is 117 cm³/mol. The van der Waals surface area contributed by atoms with Crippen LogP contribution in [0.3, 0.4) is 0 Å². The fraction of sp³-hybridized carbons (Fsp3) is 0.684. The third-order valence-corrected chi connectivity index (χ3v) is 5.95. The number of nitrogens with zero attached hydrogens (tertiary/aromatic N) is 4. The Hall–Kier alpha value is -2.27. The molecule has 1 aliphatic rings. The first-order valence-corrected chi connectivity index (χ1v) is 11.9. The summed E-state index contributed by atoms with van der Waals surface area (Å²) >= 11 is 0. The summed E-state index contributed by atoms with van der Waals surface area (Å²) in [6.45, 7) is 9.51. The van der Waals surface area contributed by atoms with Gasteiger partial charge in [0.25, 0.3) is 8.18 Å². The van der Waals surface area contributed by atoms with Gasteiger partial charge in [-0.15, -0.1) is 0 Å². The second-order valence-electron chi connectivity index (χ2n) is 7.96. The molecule has 12 nitrogen and oxygen atoms in total. The molecule has 0 radical (unpaired) electrons. The minimum absolute atomic E-state index is 0.0861.